The van der Waals surface area contributed by atoms with Crippen molar-refractivity contribution in [1.82, 2.24) is 0 Å². The number of carbonyl (C=O) groups excluding carboxylic acids is 1. The summed E-state index contributed by atoms with van der Waals surface area (Å²) in [7, 11) is 0. The van der Waals surface area contributed by atoms with Crippen molar-refractivity contribution in [1.29, 1.82) is 0 Å². The first-order chi connectivity index (χ1) is 7.58. The van der Waals surface area contributed by atoms with Crippen molar-refractivity contribution >= 4 is 17.6 Å². The number of rotatable bonds is 3. The van der Waals surface area contributed by atoms with Crippen LogP contribution in [0.1, 0.15) is 6.42 Å². The monoisotopic (exact) mass is 221 g/mol. The summed E-state index contributed by atoms with van der Waals surface area (Å²) < 4.78 is 0. The number of carbonyl (C=O) groups is 2. The fourth-order valence-electron chi connectivity index (χ4n) is 1.58. The molecule has 0 aliphatic heterocycles. The lowest BCUT2D eigenvalue weighted by molar-refractivity contribution is -0.139. The summed E-state index contributed by atoms with van der Waals surface area (Å²) in [5.74, 6) is -2.19. The molecule has 1 fully saturated rings. The topological polar surface area (TPSA) is 86.6 Å². The van der Waals surface area contributed by atoms with E-state index in [-0.39, 0.29) is 11.7 Å². The third kappa shape index (κ3) is 2.13. The number of amides is 1. The van der Waals surface area contributed by atoms with E-state index >= 15 is 0 Å². The van der Waals surface area contributed by atoms with Crippen LogP contribution in [0.3, 0.4) is 0 Å². The maximum Gasteiger partial charge on any atom is 0.307 e. The summed E-state index contributed by atoms with van der Waals surface area (Å²) in [5.41, 5.74) is 0.473. The van der Waals surface area contributed by atoms with Crippen molar-refractivity contribution in [2.45, 2.75) is 6.42 Å². The molecule has 1 aromatic rings. The summed E-state index contributed by atoms with van der Waals surface area (Å²) in [6.07, 6.45) is 0.389. The summed E-state index contributed by atoms with van der Waals surface area (Å²) in [5, 5.41) is 20.4. The molecule has 3 N–H and O–H groups in total. The van der Waals surface area contributed by atoms with Crippen molar-refractivity contribution in [2.24, 2.45) is 11.8 Å². The molecule has 1 aromatic carbocycles. The number of anilines is 1. The largest absolute Gasteiger partial charge is 0.508 e. The molecule has 1 amide bonds. The highest BCUT2D eigenvalue weighted by Gasteiger charge is 2.48. The van der Waals surface area contributed by atoms with Crippen LogP contribution in [0.25, 0.3) is 0 Å². The van der Waals surface area contributed by atoms with Gasteiger partial charge in [-0.05, 0) is 18.6 Å². The van der Waals surface area contributed by atoms with E-state index < -0.39 is 17.8 Å². The molecule has 16 heavy (non-hydrogen) atoms. The van der Waals surface area contributed by atoms with Crippen LogP contribution in [0.15, 0.2) is 24.3 Å². The van der Waals surface area contributed by atoms with E-state index in [1.807, 2.05) is 0 Å². The normalized spacial score (nSPS) is 22.5. The number of aliphatic carboxylic acids is 1. The fourth-order valence-corrected chi connectivity index (χ4v) is 1.58. The van der Waals surface area contributed by atoms with Gasteiger partial charge in [0.2, 0.25) is 5.91 Å². The highest BCUT2D eigenvalue weighted by atomic mass is 16.4. The average molecular weight is 221 g/mol. The second kappa shape index (κ2) is 3.84. The molecule has 1 aliphatic carbocycles. The molecule has 1 aliphatic rings. The number of hydrogen-bond donors (Lipinski definition) is 3. The Labute approximate surface area is 91.7 Å². The molecule has 84 valence electrons. The zero-order valence-corrected chi connectivity index (χ0v) is 8.38. The van der Waals surface area contributed by atoms with Crippen LogP contribution in [0.5, 0.6) is 5.75 Å². The van der Waals surface area contributed by atoms with Crippen LogP contribution in [0.2, 0.25) is 0 Å². The zero-order chi connectivity index (χ0) is 11.7. The average Bonchev–Trinajstić information content (AvgIpc) is 2.96. The predicted molar refractivity (Wildman–Crippen MR) is 56.0 cm³/mol. The highest BCUT2D eigenvalue weighted by molar-refractivity contribution is 5.98. The first-order valence-corrected chi connectivity index (χ1v) is 4.90. The zero-order valence-electron chi connectivity index (χ0n) is 8.38. The molecule has 1 saturated carbocycles. The van der Waals surface area contributed by atoms with E-state index in [4.69, 9.17) is 5.11 Å². The van der Waals surface area contributed by atoms with E-state index in [9.17, 15) is 14.7 Å². The van der Waals surface area contributed by atoms with Gasteiger partial charge in [-0.3, -0.25) is 9.59 Å². The Balaban J connectivity index is 1.96. The molecule has 0 bridgehead atoms. The van der Waals surface area contributed by atoms with Gasteiger partial charge in [-0.15, -0.1) is 0 Å². The standard InChI is InChI=1S/C11H11NO4/c13-7-3-1-2-6(4-7)12-10(14)8-5-9(8)11(15)16/h1-4,8-9,13H,5H2,(H,12,14)(H,15,16)/t8-,9+/m1/s1. The number of carboxylic acid groups (broad SMARTS) is 1. The lowest BCUT2D eigenvalue weighted by Crippen LogP contribution is -2.16. The quantitative estimate of drug-likeness (QED) is 0.712. The van der Waals surface area contributed by atoms with Gasteiger partial charge in [0.05, 0.1) is 11.8 Å². The van der Waals surface area contributed by atoms with Gasteiger partial charge in [-0.2, -0.15) is 0 Å². The summed E-state index contributed by atoms with van der Waals surface area (Å²) in [6.45, 7) is 0. The molecule has 0 saturated heterocycles. The first-order valence-electron chi connectivity index (χ1n) is 4.90. The number of aromatic hydroxyl groups is 1. The molecule has 0 aromatic heterocycles. The lowest BCUT2D eigenvalue weighted by Gasteiger charge is -2.04. The Morgan fingerprint density at radius 3 is 2.62 bits per heavy atom. The summed E-state index contributed by atoms with van der Waals surface area (Å²) >= 11 is 0. The SMILES string of the molecule is O=C(O)[C@H]1C[C@H]1C(=O)Nc1cccc(O)c1. The van der Waals surface area contributed by atoms with Crippen molar-refractivity contribution < 1.29 is 19.8 Å². The van der Waals surface area contributed by atoms with Crippen molar-refractivity contribution in [3.05, 3.63) is 24.3 Å². The molecule has 0 spiro atoms. The molecule has 2 rings (SSSR count). The number of nitrogens with one attached hydrogen (secondary N) is 1. The highest BCUT2D eigenvalue weighted by Crippen LogP contribution is 2.39. The third-order valence-electron chi connectivity index (χ3n) is 2.56. The van der Waals surface area contributed by atoms with Gasteiger partial charge >= 0.3 is 5.97 Å². The van der Waals surface area contributed by atoms with Crippen LogP contribution in [0, 0.1) is 11.8 Å². The Kier molecular flexibility index (Phi) is 2.52. The second-order valence-electron chi connectivity index (χ2n) is 3.83. The molecule has 0 unspecified atom stereocenters. The number of phenolic OH excluding ortho intramolecular Hbond substituents is 1. The number of benzene rings is 1. The van der Waals surface area contributed by atoms with Crippen molar-refractivity contribution in [3.63, 3.8) is 0 Å². The van der Waals surface area contributed by atoms with Gasteiger partial charge in [0.1, 0.15) is 5.75 Å². The smallest absolute Gasteiger partial charge is 0.307 e. The molecule has 0 heterocycles. The Morgan fingerprint density at radius 1 is 1.31 bits per heavy atom. The van der Waals surface area contributed by atoms with Crippen LogP contribution >= 0.6 is 0 Å². The number of phenols is 1. The van der Waals surface area contributed by atoms with E-state index in [1.54, 1.807) is 12.1 Å². The Hall–Kier alpha value is -2.04. The van der Waals surface area contributed by atoms with Crippen LogP contribution < -0.4 is 5.32 Å². The Morgan fingerprint density at radius 2 is 2.06 bits per heavy atom. The minimum atomic E-state index is -0.934. The fraction of sp³-hybridized carbons (Fsp3) is 0.273. The van der Waals surface area contributed by atoms with E-state index in [0.717, 1.165) is 0 Å². The van der Waals surface area contributed by atoms with E-state index in [1.165, 1.54) is 12.1 Å². The van der Waals surface area contributed by atoms with Crippen LogP contribution in [-0.4, -0.2) is 22.1 Å². The summed E-state index contributed by atoms with van der Waals surface area (Å²) in [6, 6.07) is 6.14. The number of carboxylic acids is 1. The van der Waals surface area contributed by atoms with Gasteiger partial charge in [0, 0.05) is 11.8 Å². The molecule has 2 atom stereocenters. The summed E-state index contributed by atoms with van der Waals surface area (Å²) in [4.78, 5) is 22.1. The van der Waals surface area contributed by atoms with Gasteiger partial charge in [-0.25, -0.2) is 0 Å². The van der Waals surface area contributed by atoms with Gasteiger partial charge in [0.25, 0.3) is 0 Å². The minimum Gasteiger partial charge on any atom is -0.508 e. The van der Waals surface area contributed by atoms with Crippen LogP contribution in [0.4, 0.5) is 5.69 Å². The maximum atomic E-state index is 11.5. The maximum absolute atomic E-state index is 11.5. The molecular formula is C11H11NO4. The first kappa shape index (κ1) is 10.5. The van der Waals surface area contributed by atoms with Crippen molar-refractivity contribution in [2.75, 3.05) is 5.32 Å². The minimum absolute atomic E-state index is 0.0587. The molecule has 0 radical (unpaired) electrons. The van der Waals surface area contributed by atoms with E-state index in [0.29, 0.717) is 12.1 Å². The second-order valence-corrected chi connectivity index (χ2v) is 3.83. The Bertz CT molecular complexity index is 443. The van der Waals surface area contributed by atoms with Gasteiger partial charge in [-0.1, -0.05) is 6.07 Å². The molecular weight excluding hydrogens is 210 g/mol. The lowest BCUT2D eigenvalue weighted by atomic mass is 10.2. The molecule has 5 nitrogen and oxygen atoms in total. The van der Waals surface area contributed by atoms with E-state index in [2.05, 4.69) is 5.32 Å². The van der Waals surface area contributed by atoms with Gasteiger partial charge in [0.15, 0.2) is 0 Å². The van der Waals surface area contributed by atoms with Crippen molar-refractivity contribution in [3.8, 4) is 5.75 Å². The number of hydrogen-bond acceptors (Lipinski definition) is 3. The third-order valence-corrected chi connectivity index (χ3v) is 2.56. The van der Waals surface area contributed by atoms with Gasteiger partial charge < -0.3 is 15.5 Å². The predicted octanol–water partition coefficient (Wildman–Crippen LogP) is 1.05. The molecule has 5 heteroatoms. The van der Waals surface area contributed by atoms with Crippen LogP contribution in [-0.2, 0) is 9.59 Å².